The molecule has 0 radical (unpaired) electrons. The van der Waals surface area contributed by atoms with Gasteiger partial charge in [0.15, 0.2) is 11.5 Å². The maximum absolute atomic E-state index is 11.9. The molecule has 0 bridgehead atoms. The van der Waals surface area contributed by atoms with E-state index in [9.17, 15) is 4.79 Å². The van der Waals surface area contributed by atoms with Gasteiger partial charge in [0.25, 0.3) is 0 Å². The molecule has 0 saturated heterocycles. The van der Waals surface area contributed by atoms with E-state index in [1.54, 1.807) is 25.3 Å². The fraction of sp³-hybridized carbons (Fsp3) is 0.214. The van der Waals surface area contributed by atoms with Crippen molar-refractivity contribution in [2.75, 3.05) is 13.2 Å². The van der Waals surface area contributed by atoms with Crippen molar-refractivity contribution < 1.29 is 14.3 Å². The maximum atomic E-state index is 11.9. The first kappa shape index (κ1) is 14.0. The summed E-state index contributed by atoms with van der Waals surface area (Å²) < 4.78 is 10.3. The van der Waals surface area contributed by atoms with E-state index in [1.807, 2.05) is 6.07 Å². The molecule has 0 spiro atoms. The summed E-state index contributed by atoms with van der Waals surface area (Å²) in [6, 6.07) is 5.45. The summed E-state index contributed by atoms with van der Waals surface area (Å²) in [5.74, 6) is 2.05. The topological polar surface area (TPSA) is 61.3 Å². The van der Waals surface area contributed by atoms with Gasteiger partial charge in [-0.15, -0.1) is 17.8 Å². The molecule has 0 N–H and O–H groups in total. The van der Waals surface area contributed by atoms with E-state index in [2.05, 4.69) is 15.9 Å². The summed E-state index contributed by atoms with van der Waals surface area (Å²) in [7, 11) is 0. The van der Waals surface area contributed by atoms with Gasteiger partial charge in [0.2, 0.25) is 5.88 Å². The predicted octanol–water partition coefficient (Wildman–Crippen LogP) is 2.39. The van der Waals surface area contributed by atoms with E-state index < -0.39 is 5.97 Å². The molecular weight excluding hydrogens is 276 g/mol. The van der Waals surface area contributed by atoms with Gasteiger partial charge in [-0.1, -0.05) is 12.0 Å². The van der Waals surface area contributed by atoms with Crippen molar-refractivity contribution >= 4 is 17.3 Å². The van der Waals surface area contributed by atoms with Crippen LogP contribution in [-0.4, -0.2) is 29.2 Å². The highest BCUT2D eigenvalue weighted by Gasteiger charge is 2.21. The number of hydrogen-bond donors (Lipinski definition) is 0. The summed E-state index contributed by atoms with van der Waals surface area (Å²) in [6.07, 6.45) is 6.81. The highest BCUT2D eigenvalue weighted by atomic mass is 32.1. The molecule has 0 atom stereocenters. The smallest absolute Gasteiger partial charge is 0.354 e. The molecule has 0 aliphatic carbocycles. The number of hydrogen-bond acceptors (Lipinski definition) is 6. The lowest BCUT2D eigenvalue weighted by Crippen LogP contribution is -2.05. The summed E-state index contributed by atoms with van der Waals surface area (Å²) in [5.41, 5.74) is 0.665. The maximum Gasteiger partial charge on any atom is 0.354 e. The monoisotopic (exact) mass is 288 g/mol. The lowest BCUT2D eigenvalue weighted by atomic mass is 10.4. The predicted molar refractivity (Wildman–Crippen MR) is 75.6 cm³/mol. The standard InChI is InChI=1S/C14H12N2O3S/c1-3-9-19-12-11(14(17)18-4-2)20-13(16-12)10-7-5-6-8-15-10/h1,5-8H,4,9H2,2H3. The number of thiazole rings is 1. The van der Waals surface area contributed by atoms with Crippen LogP contribution in [0.5, 0.6) is 5.88 Å². The minimum absolute atomic E-state index is 0.0395. The number of ether oxygens (including phenoxy) is 2. The van der Waals surface area contributed by atoms with Crippen LogP contribution in [0.1, 0.15) is 16.6 Å². The van der Waals surface area contributed by atoms with E-state index in [4.69, 9.17) is 15.9 Å². The number of pyridine rings is 1. The third-order valence-electron chi connectivity index (χ3n) is 2.23. The van der Waals surface area contributed by atoms with Gasteiger partial charge in [0.05, 0.1) is 12.3 Å². The molecule has 0 aliphatic rings. The minimum Gasteiger partial charge on any atom is -0.463 e. The first-order valence-corrected chi connectivity index (χ1v) is 6.73. The Morgan fingerprint density at radius 2 is 2.35 bits per heavy atom. The quantitative estimate of drug-likeness (QED) is 0.624. The second kappa shape index (κ2) is 6.68. The van der Waals surface area contributed by atoms with Gasteiger partial charge in [0, 0.05) is 6.20 Å². The Morgan fingerprint density at radius 3 is 3.00 bits per heavy atom. The molecule has 2 aromatic rings. The zero-order valence-corrected chi connectivity index (χ0v) is 11.6. The molecule has 20 heavy (non-hydrogen) atoms. The van der Waals surface area contributed by atoms with Gasteiger partial charge >= 0.3 is 5.97 Å². The molecule has 2 heterocycles. The highest BCUT2D eigenvalue weighted by molar-refractivity contribution is 7.17. The molecule has 0 aromatic carbocycles. The zero-order chi connectivity index (χ0) is 14.4. The van der Waals surface area contributed by atoms with Crippen LogP contribution >= 0.6 is 11.3 Å². The zero-order valence-electron chi connectivity index (χ0n) is 10.8. The second-order valence-electron chi connectivity index (χ2n) is 3.58. The van der Waals surface area contributed by atoms with Crippen LogP contribution in [0.2, 0.25) is 0 Å². The van der Waals surface area contributed by atoms with Crippen LogP contribution < -0.4 is 4.74 Å². The van der Waals surface area contributed by atoms with Crippen LogP contribution in [0, 0.1) is 12.3 Å². The van der Waals surface area contributed by atoms with Crippen LogP contribution in [0.15, 0.2) is 24.4 Å². The third-order valence-corrected chi connectivity index (χ3v) is 3.27. The first-order chi connectivity index (χ1) is 9.76. The van der Waals surface area contributed by atoms with Crippen molar-refractivity contribution in [2.45, 2.75) is 6.92 Å². The summed E-state index contributed by atoms with van der Waals surface area (Å²) in [4.78, 5) is 20.6. The average Bonchev–Trinajstić information content (AvgIpc) is 2.90. The molecule has 0 saturated carbocycles. The fourth-order valence-corrected chi connectivity index (χ4v) is 2.32. The fourth-order valence-electron chi connectivity index (χ4n) is 1.44. The number of carbonyl (C=O) groups excluding carboxylic acids is 1. The van der Waals surface area contributed by atoms with Crippen LogP contribution in [0.25, 0.3) is 10.7 Å². The van der Waals surface area contributed by atoms with Crippen LogP contribution in [0.3, 0.4) is 0 Å². The number of terminal acetylenes is 1. The van der Waals surface area contributed by atoms with Gasteiger partial charge < -0.3 is 9.47 Å². The van der Waals surface area contributed by atoms with Crippen molar-refractivity contribution in [3.8, 4) is 28.9 Å². The molecule has 5 nitrogen and oxygen atoms in total. The molecule has 2 aromatic heterocycles. The molecular formula is C14H12N2O3S. The van der Waals surface area contributed by atoms with Crippen molar-refractivity contribution in [1.29, 1.82) is 0 Å². The number of esters is 1. The van der Waals surface area contributed by atoms with Gasteiger partial charge in [-0.3, -0.25) is 4.98 Å². The molecule has 0 aliphatic heterocycles. The normalized spacial score (nSPS) is 9.80. The van der Waals surface area contributed by atoms with Crippen molar-refractivity contribution in [1.82, 2.24) is 9.97 Å². The Bertz CT molecular complexity index is 632. The molecule has 0 unspecified atom stereocenters. The SMILES string of the molecule is C#CCOc1nc(-c2ccccn2)sc1C(=O)OCC. The van der Waals surface area contributed by atoms with Gasteiger partial charge in [-0.2, -0.15) is 4.98 Å². The highest BCUT2D eigenvalue weighted by Crippen LogP contribution is 2.32. The number of carbonyl (C=O) groups is 1. The van der Waals surface area contributed by atoms with Gasteiger partial charge in [-0.25, -0.2) is 4.79 Å². The molecule has 2 rings (SSSR count). The van der Waals surface area contributed by atoms with E-state index in [0.717, 1.165) is 0 Å². The van der Waals surface area contributed by atoms with Gasteiger partial charge in [-0.05, 0) is 19.1 Å². The van der Waals surface area contributed by atoms with Crippen LogP contribution in [-0.2, 0) is 4.74 Å². The summed E-state index contributed by atoms with van der Waals surface area (Å²) in [6.45, 7) is 2.06. The Labute approximate surface area is 120 Å². The second-order valence-corrected chi connectivity index (χ2v) is 4.58. The molecule has 6 heteroatoms. The largest absolute Gasteiger partial charge is 0.463 e. The van der Waals surface area contributed by atoms with E-state index in [1.165, 1.54) is 11.3 Å². The lowest BCUT2D eigenvalue weighted by molar-refractivity contribution is 0.0528. The number of rotatable bonds is 5. The van der Waals surface area contributed by atoms with Crippen molar-refractivity contribution in [2.24, 2.45) is 0 Å². The Morgan fingerprint density at radius 1 is 1.50 bits per heavy atom. The van der Waals surface area contributed by atoms with Gasteiger partial charge in [0.1, 0.15) is 5.01 Å². The summed E-state index contributed by atoms with van der Waals surface area (Å²) in [5, 5.41) is 0.584. The Hall–Kier alpha value is -2.39. The first-order valence-electron chi connectivity index (χ1n) is 5.92. The average molecular weight is 288 g/mol. The Balaban J connectivity index is 2.36. The molecule has 102 valence electrons. The van der Waals surface area contributed by atoms with E-state index in [0.29, 0.717) is 15.6 Å². The van der Waals surface area contributed by atoms with Crippen LogP contribution in [0.4, 0.5) is 0 Å². The van der Waals surface area contributed by atoms with Crippen molar-refractivity contribution in [3.05, 3.63) is 29.3 Å². The third kappa shape index (κ3) is 3.13. The number of aromatic nitrogens is 2. The molecule has 0 fully saturated rings. The minimum atomic E-state index is -0.473. The van der Waals surface area contributed by atoms with E-state index >= 15 is 0 Å². The van der Waals surface area contributed by atoms with Crippen molar-refractivity contribution in [3.63, 3.8) is 0 Å². The van der Waals surface area contributed by atoms with E-state index in [-0.39, 0.29) is 19.1 Å². The Kier molecular flexibility index (Phi) is 4.69. The summed E-state index contributed by atoms with van der Waals surface area (Å²) >= 11 is 1.17. The number of nitrogens with zero attached hydrogens (tertiary/aromatic N) is 2. The lowest BCUT2D eigenvalue weighted by Gasteiger charge is -2.01. The molecule has 0 amide bonds.